The maximum absolute atomic E-state index is 13.8. The number of sulfonamides is 1. The lowest BCUT2D eigenvalue weighted by Crippen LogP contribution is -2.39. The predicted octanol–water partition coefficient (Wildman–Crippen LogP) is 4.82. The number of fused-ring (bicyclic) bond motifs is 1. The largest absolute Gasteiger partial charge is 0.494 e. The average Bonchev–Trinajstić information content (AvgIpc) is 3.40. The molecule has 2 heterocycles. The van der Waals surface area contributed by atoms with E-state index in [1.165, 1.54) is 27.8 Å². The van der Waals surface area contributed by atoms with Crippen LogP contribution < -0.4 is 9.64 Å². The summed E-state index contributed by atoms with van der Waals surface area (Å²) in [5.74, 6) is 0.455. The summed E-state index contributed by atoms with van der Waals surface area (Å²) < 4.78 is 39.2. The number of methoxy groups -OCH3 is 1. The van der Waals surface area contributed by atoms with Gasteiger partial charge in [0, 0.05) is 45.3 Å². The molecule has 3 aromatic rings. The summed E-state index contributed by atoms with van der Waals surface area (Å²) in [6, 6.07) is 10.1. The van der Waals surface area contributed by atoms with Crippen molar-refractivity contribution in [3.63, 3.8) is 0 Å². The minimum Gasteiger partial charge on any atom is -0.494 e. The van der Waals surface area contributed by atoms with Crippen LogP contribution in [0.2, 0.25) is 0 Å². The number of aryl methyl sites for hydroxylation is 1. The number of carbonyl (C=O) groups is 1. The Kier molecular flexibility index (Phi) is 11.7. The summed E-state index contributed by atoms with van der Waals surface area (Å²) in [7, 11) is -0.412. The first-order chi connectivity index (χ1) is 18.8. The van der Waals surface area contributed by atoms with E-state index in [1.54, 1.807) is 31.2 Å². The van der Waals surface area contributed by atoms with Crippen LogP contribution in [0, 0.1) is 6.92 Å². The molecule has 1 aromatic heterocycles. The van der Waals surface area contributed by atoms with Crippen LogP contribution in [0.25, 0.3) is 10.2 Å². The molecule has 1 fully saturated rings. The lowest BCUT2D eigenvalue weighted by atomic mass is 10.2. The molecule has 0 atom stereocenters. The highest BCUT2D eigenvalue weighted by atomic mass is 35.5. The molecule has 0 radical (unpaired) electrons. The number of hydrogen-bond donors (Lipinski definition) is 0. The Morgan fingerprint density at radius 3 is 2.45 bits per heavy atom. The molecule has 2 aromatic carbocycles. The highest BCUT2D eigenvalue weighted by molar-refractivity contribution is 7.89. The van der Waals surface area contributed by atoms with E-state index in [2.05, 4.69) is 4.90 Å². The molecule has 220 valence electrons. The SMILES string of the molecule is CCCCN(C)S(=O)(=O)c1ccc(C(=O)N(CCCN2CCOCC2)c2nc3c(OC)ccc(C)c3s2)cc1.Cl. The van der Waals surface area contributed by atoms with Crippen molar-refractivity contribution in [2.45, 2.75) is 38.0 Å². The predicted molar refractivity (Wildman–Crippen MR) is 163 cm³/mol. The molecule has 9 nitrogen and oxygen atoms in total. The first kappa shape index (κ1) is 32.2. The first-order valence-corrected chi connectivity index (χ1v) is 15.6. The van der Waals surface area contributed by atoms with Gasteiger partial charge in [-0.1, -0.05) is 30.7 Å². The number of morpholine rings is 1. The van der Waals surface area contributed by atoms with Crippen molar-refractivity contribution in [3.8, 4) is 5.75 Å². The van der Waals surface area contributed by atoms with Crippen LogP contribution in [-0.2, 0) is 14.8 Å². The molecule has 12 heteroatoms. The van der Waals surface area contributed by atoms with Crippen LogP contribution in [0.5, 0.6) is 5.75 Å². The Hall–Kier alpha value is -2.28. The lowest BCUT2D eigenvalue weighted by Gasteiger charge is -2.27. The maximum atomic E-state index is 13.8. The zero-order chi connectivity index (χ0) is 28.0. The van der Waals surface area contributed by atoms with Gasteiger partial charge >= 0.3 is 0 Å². The second-order valence-electron chi connectivity index (χ2n) is 9.73. The molecule has 1 aliphatic heterocycles. The number of unbranched alkanes of at least 4 members (excludes halogenated alkanes) is 1. The van der Waals surface area contributed by atoms with Crippen molar-refractivity contribution in [1.29, 1.82) is 0 Å². The van der Waals surface area contributed by atoms with E-state index >= 15 is 0 Å². The highest BCUT2D eigenvalue weighted by Gasteiger charge is 2.25. The van der Waals surface area contributed by atoms with Crippen LogP contribution in [0.3, 0.4) is 0 Å². The number of nitrogens with zero attached hydrogens (tertiary/aromatic N) is 4. The van der Waals surface area contributed by atoms with Crippen molar-refractivity contribution in [1.82, 2.24) is 14.2 Å². The van der Waals surface area contributed by atoms with Gasteiger partial charge in [-0.15, -0.1) is 12.4 Å². The lowest BCUT2D eigenvalue weighted by molar-refractivity contribution is 0.0376. The van der Waals surface area contributed by atoms with Crippen molar-refractivity contribution >= 4 is 55.0 Å². The van der Waals surface area contributed by atoms with Crippen LogP contribution in [0.15, 0.2) is 41.3 Å². The number of aromatic nitrogens is 1. The normalized spacial score (nSPS) is 14.3. The third kappa shape index (κ3) is 7.32. The minimum absolute atomic E-state index is 0. The molecule has 0 aliphatic carbocycles. The first-order valence-electron chi connectivity index (χ1n) is 13.4. The van der Waals surface area contributed by atoms with Crippen LogP contribution in [0.4, 0.5) is 5.13 Å². The van der Waals surface area contributed by atoms with Crippen molar-refractivity contribution in [2.24, 2.45) is 0 Å². The Morgan fingerprint density at radius 1 is 1.10 bits per heavy atom. The third-order valence-corrected chi connectivity index (χ3v) is 10.1. The van der Waals surface area contributed by atoms with Gasteiger partial charge in [0.15, 0.2) is 5.13 Å². The molecular formula is C28H39ClN4O5S2. The van der Waals surface area contributed by atoms with E-state index in [4.69, 9.17) is 14.5 Å². The molecule has 0 saturated carbocycles. The highest BCUT2D eigenvalue weighted by Crippen LogP contribution is 2.37. The number of carbonyl (C=O) groups excluding carboxylic acids is 1. The van der Waals surface area contributed by atoms with E-state index in [0.29, 0.717) is 29.5 Å². The smallest absolute Gasteiger partial charge is 0.260 e. The topological polar surface area (TPSA) is 92.3 Å². The fraction of sp³-hybridized carbons (Fsp3) is 0.500. The summed E-state index contributed by atoms with van der Waals surface area (Å²) in [4.78, 5) is 22.9. The van der Waals surface area contributed by atoms with E-state index < -0.39 is 10.0 Å². The number of benzene rings is 2. The number of thiazole rings is 1. The van der Waals surface area contributed by atoms with Crippen molar-refractivity contribution in [3.05, 3.63) is 47.5 Å². The van der Waals surface area contributed by atoms with Crippen LogP contribution >= 0.6 is 23.7 Å². The molecule has 40 heavy (non-hydrogen) atoms. The maximum Gasteiger partial charge on any atom is 0.260 e. The molecule has 4 rings (SSSR count). The van der Waals surface area contributed by atoms with E-state index in [-0.39, 0.29) is 23.2 Å². The van der Waals surface area contributed by atoms with Gasteiger partial charge in [0.2, 0.25) is 10.0 Å². The standard InChI is InChI=1S/C28H38N4O5S2.ClH/c1-5-6-14-30(3)39(34,35)23-11-9-22(10-12-23)27(33)32(16-7-15-31-17-19-37-20-18-31)28-29-25-24(36-4)13-8-21(2)26(25)38-28;/h8-13H,5-7,14-20H2,1-4H3;1H. The fourth-order valence-corrected chi connectivity index (χ4v) is 6.83. The molecule has 0 unspecified atom stereocenters. The molecule has 0 N–H and O–H groups in total. The summed E-state index contributed by atoms with van der Waals surface area (Å²) >= 11 is 1.47. The summed E-state index contributed by atoms with van der Waals surface area (Å²) in [5, 5.41) is 0.598. The number of ether oxygens (including phenoxy) is 2. The Labute approximate surface area is 247 Å². The van der Waals surface area contributed by atoms with E-state index in [9.17, 15) is 13.2 Å². The third-order valence-electron chi connectivity index (χ3n) is 6.98. The van der Waals surface area contributed by atoms with Gasteiger partial charge in [-0.05, 0) is 55.7 Å². The fourth-order valence-electron chi connectivity index (χ4n) is 4.55. The second kappa shape index (κ2) is 14.6. The van der Waals surface area contributed by atoms with E-state index in [1.807, 2.05) is 26.0 Å². The quantitative estimate of drug-likeness (QED) is 0.290. The number of hydrogen-bond acceptors (Lipinski definition) is 8. The number of halogens is 1. The van der Waals surface area contributed by atoms with Crippen LogP contribution in [-0.4, -0.2) is 88.6 Å². The number of rotatable bonds is 12. The Bertz CT molecular complexity index is 1380. The molecule has 1 amide bonds. The Balaban J connectivity index is 0.00000441. The monoisotopic (exact) mass is 610 g/mol. The van der Waals surface area contributed by atoms with Gasteiger partial charge in [-0.25, -0.2) is 17.7 Å². The number of amides is 1. The molecule has 0 spiro atoms. The van der Waals surface area contributed by atoms with E-state index in [0.717, 1.165) is 67.9 Å². The minimum atomic E-state index is -3.61. The zero-order valence-corrected chi connectivity index (χ0v) is 26.0. The Morgan fingerprint density at radius 2 is 1.80 bits per heavy atom. The van der Waals surface area contributed by atoms with Gasteiger partial charge in [0.25, 0.3) is 5.91 Å². The molecule has 1 saturated heterocycles. The van der Waals surface area contributed by atoms with Gasteiger partial charge < -0.3 is 9.47 Å². The van der Waals surface area contributed by atoms with Crippen molar-refractivity contribution in [2.75, 3.05) is 65.0 Å². The summed E-state index contributed by atoms with van der Waals surface area (Å²) in [6.07, 6.45) is 2.47. The van der Waals surface area contributed by atoms with Gasteiger partial charge in [-0.3, -0.25) is 14.6 Å². The molecular weight excluding hydrogens is 572 g/mol. The zero-order valence-electron chi connectivity index (χ0n) is 23.6. The molecule has 1 aliphatic rings. The molecule has 0 bridgehead atoms. The van der Waals surface area contributed by atoms with Gasteiger partial charge in [0.05, 0.1) is 29.9 Å². The van der Waals surface area contributed by atoms with Crippen molar-refractivity contribution < 1.29 is 22.7 Å². The number of anilines is 1. The second-order valence-corrected chi connectivity index (χ2v) is 12.8. The summed E-state index contributed by atoms with van der Waals surface area (Å²) in [6.45, 7) is 9.05. The van der Waals surface area contributed by atoms with Gasteiger partial charge in [0.1, 0.15) is 11.3 Å². The average molecular weight is 611 g/mol. The van der Waals surface area contributed by atoms with Crippen LogP contribution in [0.1, 0.15) is 42.1 Å². The summed E-state index contributed by atoms with van der Waals surface area (Å²) in [5.41, 5.74) is 2.22. The van der Waals surface area contributed by atoms with Gasteiger partial charge in [-0.2, -0.15) is 0 Å².